The van der Waals surface area contributed by atoms with Gasteiger partial charge >= 0.3 is 0 Å². The molecule has 0 heterocycles. The number of halogens is 1. The van der Waals surface area contributed by atoms with Crippen molar-refractivity contribution in [3.63, 3.8) is 0 Å². The molecule has 0 bridgehead atoms. The lowest BCUT2D eigenvalue weighted by Crippen LogP contribution is -2.36. The molecule has 0 spiro atoms. The number of likely N-dealkylation sites (N-methyl/N-ethyl adjacent to an activating group) is 1. The van der Waals surface area contributed by atoms with Crippen LogP contribution in [-0.4, -0.2) is 37.7 Å². The molecular formula is C13H21BrN2O. The summed E-state index contributed by atoms with van der Waals surface area (Å²) in [5, 5.41) is 0. The van der Waals surface area contributed by atoms with Crippen LogP contribution in [0.25, 0.3) is 0 Å². The number of hydrogen-bond donors (Lipinski definition) is 1. The third-order valence-electron chi connectivity index (χ3n) is 2.52. The van der Waals surface area contributed by atoms with E-state index in [1.165, 1.54) is 5.56 Å². The maximum absolute atomic E-state index is 5.67. The zero-order chi connectivity index (χ0) is 12.7. The van der Waals surface area contributed by atoms with Crippen LogP contribution in [0.15, 0.2) is 28.7 Å². The van der Waals surface area contributed by atoms with Crippen molar-refractivity contribution in [2.24, 2.45) is 5.73 Å². The fourth-order valence-electron chi connectivity index (χ4n) is 1.79. The molecule has 0 radical (unpaired) electrons. The van der Waals surface area contributed by atoms with Gasteiger partial charge in [-0.25, -0.2) is 0 Å². The maximum Gasteiger partial charge on any atom is 0.0823 e. The summed E-state index contributed by atoms with van der Waals surface area (Å²) in [7, 11) is 2.09. The van der Waals surface area contributed by atoms with Crippen molar-refractivity contribution in [2.45, 2.75) is 19.6 Å². The van der Waals surface area contributed by atoms with E-state index in [0.29, 0.717) is 13.2 Å². The minimum Gasteiger partial charge on any atom is -0.376 e. The number of rotatable bonds is 7. The minimum atomic E-state index is 0.122. The fraction of sp³-hybridized carbons (Fsp3) is 0.538. The molecule has 0 aliphatic carbocycles. The Kier molecular flexibility index (Phi) is 6.73. The van der Waals surface area contributed by atoms with Crippen LogP contribution in [0.2, 0.25) is 0 Å². The van der Waals surface area contributed by atoms with E-state index < -0.39 is 0 Å². The van der Waals surface area contributed by atoms with Crippen LogP contribution in [0, 0.1) is 0 Å². The van der Waals surface area contributed by atoms with Crippen molar-refractivity contribution in [1.82, 2.24) is 4.90 Å². The van der Waals surface area contributed by atoms with Crippen molar-refractivity contribution in [3.05, 3.63) is 34.3 Å². The predicted molar refractivity (Wildman–Crippen MR) is 74.9 cm³/mol. The van der Waals surface area contributed by atoms with E-state index in [9.17, 15) is 0 Å². The SMILES string of the molecule is CCOC(CN)CN(C)Cc1cccc(Br)c1. The molecule has 4 heteroatoms. The lowest BCUT2D eigenvalue weighted by atomic mass is 10.2. The highest BCUT2D eigenvalue weighted by Crippen LogP contribution is 2.13. The summed E-state index contributed by atoms with van der Waals surface area (Å²) in [5.74, 6) is 0. The fourth-order valence-corrected chi connectivity index (χ4v) is 2.24. The van der Waals surface area contributed by atoms with Crippen LogP contribution < -0.4 is 5.73 Å². The first-order chi connectivity index (χ1) is 8.15. The number of ether oxygens (including phenoxy) is 1. The first kappa shape index (κ1) is 14.6. The number of nitrogens with zero attached hydrogens (tertiary/aromatic N) is 1. The van der Waals surface area contributed by atoms with Gasteiger partial charge in [-0.15, -0.1) is 0 Å². The largest absolute Gasteiger partial charge is 0.376 e. The maximum atomic E-state index is 5.67. The van der Waals surface area contributed by atoms with Crippen LogP contribution in [0.1, 0.15) is 12.5 Å². The molecule has 0 fully saturated rings. The van der Waals surface area contributed by atoms with Crippen LogP contribution in [0.5, 0.6) is 0 Å². The Morgan fingerprint density at radius 2 is 2.24 bits per heavy atom. The second-order valence-electron chi connectivity index (χ2n) is 4.14. The highest BCUT2D eigenvalue weighted by Gasteiger charge is 2.10. The van der Waals surface area contributed by atoms with Gasteiger partial charge in [-0.3, -0.25) is 4.90 Å². The average molecular weight is 301 g/mol. The summed E-state index contributed by atoms with van der Waals surface area (Å²) in [5.41, 5.74) is 6.95. The van der Waals surface area contributed by atoms with Crippen molar-refractivity contribution in [3.8, 4) is 0 Å². The van der Waals surface area contributed by atoms with E-state index in [0.717, 1.165) is 17.6 Å². The lowest BCUT2D eigenvalue weighted by molar-refractivity contribution is 0.0437. The molecule has 0 saturated heterocycles. The van der Waals surface area contributed by atoms with Gasteiger partial charge in [-0.2, -0.15) is 0 Å². The van der Waals surface area contributed by atoms with Gasteiger partial charge in [0, 0.05) is 30.7 Å². The summed E-state index contributed by atoms with van der Waals surface area (Å²) in [4.78, 5) is 2.23. The Balaban J connectivity index is 2.45. The molecule has 0 aliphatic heterocycles. The molecular weight excluding hydrogens is 280 g/mol. The van der Waals surface area contributed by atoms with E-state index in [4.69, 9.17) is 10.5 Å². The molecule has 3 nitrogen and oxygen atoms in total. The van der Waals surface area contributed by atoms with Gasteiger partial charge in [0.15, 0.2) is 0 Å². The first-order valence-electron chi connectivity index (χ1n) is 5.90. The molecule has 1 atom stereocenters. The smallest absolute Gasteiger partial charge is 0.0823 e. The Hall–Kier alpha value is -0.420. The average Bonchev–Trinajstić information content (AvgIpc) is 2.28. The molecule has 1 aromatic rings. The lowest BCUT2D eigenvalue weighted by Gasteiger charge is -2.23. The van der Waals surface area contributed by atoms with Gasteiger partial charge in [0.1, 0.15) is 0 Å². The molecule has 1 aromatic carbocycles. The third-order valence-corrected chi connectivity index (χ3v) is 3.02. The van der Waals surface area contributed by atoms with Gasteiger partial charge < -0.3 is 10.5 Å². The van der Waals surface area contributed by atoms with Gasteiger partial charge in [-0.05, 0) is 31.7 Å². The first-order valence-corrected chi connectivity index (χ1v) is 6.69. The summed E-state index contributed by atoms with van der Waals surface area (Å²) >= 11 is 3.48. The van der Waals surface area contributed by atoms with Crippen LogP contribution in [-0.2, 0) is 11.3 Å². The van der Waals surface area contributed by atoms with E-state index >= 15 is 0 Å². The Bertz CT molecular complexity index is 333. The quantitative estimate of drug-likeness (QED) is 0.839. The van der Waals surface area contributed by atoms with Crippen LogP contribution in [0.4, 0.5) is 0 Å². The van der Waals surface area contributed by atoms with Crippen molar-refractivity contribution >= 4 is 15.9 Å². The molecule has 0 aromatic heterocycles. The third kappa shape index (κ3) is 5.64. The molecule has 0 saturated carbocycles. The van der Waals surface area contributed by atoms with Crippen molar-refractivity contribution < 1.29 is 4.74 Å². The van der Waals surface area contributed by atoms with Crippen molar-refractivity contribution in [1.29, 1.82) is 0 Å². The van der Waals surface area contributed by atoms with Crippen LogP contribution in [0.3, 0.4) is 0 Å². The van der Waals surface area contributed by atoms with Gasteiger partial charge in [-0.1, -0.05) is 28.1 Å². The van der Waals surface area contributed by atoms with Gasteiger partial charge in [0.2, 0.25) is 0 Å². The van der Waals surface area contributed by atoms with Crippen molar-refractivity contribution in [2.75, 3.05) is 26.7 Å². The summed E-state index contributed by atoms with van der Waals surface area (Å²) in [6, 6.07) is 8.34. The second kappa shape index (κ2) is 7.82. The normalized spacial score (nSPS) is 13.0. The number of benzene rings is 1. The number of hydrogen-bond acceptors (Lipinski definition) is 3. The monoisotopic (exact) mass is 300 g/mol. The van der Waals surface area contributed by atoms with E-state index in [-0.39, 0.29) is 6.10 Å². The summed E-state index contributed by atoms with van der Waals surface area (Å²) < 4.78 is 6.66. The zero-order valence-electron chi connectivity index (χ0n) is 10.5. The molecule has 0 aliphatic rings. The summed E-state index contributed by atoms with van der Waals surface area (Å²) in [6.07, 6.45) is 0.122. The predicted octanol–water partition coefficient (Wildman–Crippen LogP) is 2.24. The minimum absolute atomic E-state index is 0.122. The van der Waals surface area contributed by atoms with Gasteiger partial charge in [0.05, 0.1) is 6.10 Å². The highest BCUT2D eigenvalue weighted by molar-refractivity contribution is 9.10. The molecule has 1 rings (SSSR count). The molecule has 17 heavy (non-hydrogen) atoms. The molecule has 1 unspecified atom stereocenters. The molecule has 0 amide bonds. The Labute approximate surface area is 112 Å². The van der Waals surface area contributed by atoms with E-state index in [2.05, 4.69) is 46.1 Å². The Morgan fingerprint density at radius 1 is 1.47 bits per heavy atom. The van der Waals surface area contributed by atoms with Crippen LogP contribution >= 0.6 is 15.9 Å². The molecule has 2 N–H and O–H groups in total. The second-order valence-corrected chi connectivity index (χ2v) is 5.06. The molecule has 96 valence electrons. The number of nitrogens with two attached hydrogens (primary N) is 1. The van der Waals surface area contributed by atoms with E-state index in [1.54, 1.807) is 0 Å². The standard InChI is InChI=1S/C13H21BrN2O/c1-3-17-13(8-15)10-16(2)9-11-5-4-6-12(14)7-11/h4-7,13H,3,8-10,15H2,1-2H3. The Morgan fingerprint density at radius 3 is 2.82 bits per heavy atom. The topological polar surface area (TPSA) is 38.5 Å². The summed E-state index contributed by atoms with van der Waals surface area (Å²) in [6.45, 7) is 5.04. The van der Waals surface area contributed by atoms with E-state index in [1.807, 2.05) is 13.0 Å². The zero-order valence-corrected chi connectivity index (χ0v) is 12.1. The van der Waals surface area contributed by atoms with Gasteiger partial charge in [0.25, 0.3) is 0 Å². The highest BCUT2D eigenvalue weighted by atomic mass is 79.9.